The van der Waals surface area contributed by atoms with Gasteiger partial charge >= 0.3 is 0 Å². The number of nitrogens with one attached hydrogen (secondary N) is 1. The van der Waals surface area contributed by atoms with Gasteiger partial charge in [0, 0.05) is 24.3 Å². The summed E-state index contributed by atoms with van der Waals surface area (Å²) in [6.45, 7) is 8.67. The van der Waals surface area contributed by atoms with Crippen LogP contribution in [0.4, 0.5) is 11.4 Å². The minimum atomic E-state index is -0.326. The molecule has 3 rings (SSSR count). The van der Waals surface area contributed by atoms with Gasteiger partial charge in [0.1, 0.15) is 0 Å². The standard InChI is InChI=1S/C23H28N2O2/c1-5-17-8-7-9-18(6-2)22(17)25-14-19(13-21(25)26)23(27)24-20-11-15(3)10-16(4)12-20/h7-12,19H,5-6,13-14H2,1-4H3,(H,24,27)/t19-/m0/s1. The number of hydrogen-bond donors (Lipinski definition) is 1. The third-order valence-corrected chi connectivity index (χ3v) is 5.22. The smallest absolute Gasteiger partial charge is 0.229 e. The van der Waals surface area contributed by atoms with Crippen LogP contribution in [0.25, 0.3) is 0 Å². The predicted octanol–water partition coefficient (Wildman–Crippen LogP) is 4.42. The maximum absolute atomic E-state index is 12.8. The topological polar surface area (TPSA) is 49.4 Å². The molecule has 1 atom stereocenters. The quantitative estimate of drug-likeness (QED) is 0.854. The van der Waals surface area contributed by atoms with E-state index in [2.05, 4.69) is 37.4 Å². The summed E-state index contributed by atoms with van der Waals surface area (Å²) in [6.07, 6.45) is 2.00. The first-order chi connectivity index (χ1) is 12.9. The van der Waals surface area contributed by atoms with Crippen molar-refractivity contribution in [2.24, 2.45) is 5.92 Å². The highest BCUT2D eigenvalue weighted by Gasteiger charge is 2.36. The number of nitrogens with zero attached hydrogens (tertiary/aromatic N) is 1. The van der Waals surface area contributed by atoms with Gasteiger partial charge in [-0.15, -0.1) is 0 Å². The van der Waals surface area contributed by atoms with Gasteiger partial charge in [0.15, 0.2) is 0 Å². The van der Waals surface area contributed by atoms with E-state index in [1.165, 1.54) is 0 Å². The summed E-state index contributed by atoms with van der Waals surface area (Å²) in [5.74, 6) is -0.373. The van der Waals surface area contributed by atoms with Crippen LogP contribution in [0.15, 0.2) is 36.4 Å². The average molecular weight is 364 g/mol. The SMILES string of the molecule is CCc1cccc(CC)c1N1C[C@@H](C(=O)Nc2cc(C)cc(C)c2)CC1=O. The highest BCUT2D eigenvalue weighted by Crippen LogP contribution is 2.32. The van der Waals surface area contributed by atoms with E-state index in [9.17, 15) is 9.59 Å². The lowest BCUT2D eigenvalue weighted by atomic mass is 10.0. The zero-order chi connectivity index (χ0) is 19.6. The second-order valence-corrected chi connectivity index (χ2v) is 7.40. The van der Waals surface area contributed by atoms with Crippen molar-refractivity contribution in [1.82, 2.24) is 0 Å². The van der Waals surface area contributed by atoms with Gasteiger partial charge in [-0.2, -0.15) is 0 Å². The molecule has 27 heavy (non-hydrogen) atoms. The van der Waals surface area contributed by atoms with E-state index in [1.807, 2.05) is 36.9 Å². The van der Waals surface area contributed by atoms with Crippen molar-refractivity contribution in [2.45, 2.75) is 47.0 Å². The lowest BCUT2D eigenvalue weighted by Gasteiger charge is -2.23. The van der Waals surface area contributed by atoms with Crippen molar-refractivity contribution in [3.8, 4) is 0 Å². The summed E-state index contributed by atoms with van der Waals surface area (Å²) in [6, 6.07) is 12.2. The molecule has 1 aliphatic heterocycles. The maximum Gasteiger partial charge on any atom is 0.229 e. The van der Waals surface area contributed by atoms with E-state index in [1.54, 1.807) is 0 Å². The van der Waals surface area contributed by atoms with Crippen LogP contribution in [-0.4, -0.2) is 18.4 Å². The Balaban J connectivity index is 1.80. The molecule has 0 spiro atoms. The fourth-order valence-electron chi connectivity index (χ4n) is 3.95. The van der Waals surface area contributed by atoms with Crippen molar-refractivity contribution in [3.63, 3.8) is 0 Å². The monoisotopic (exact) mass is 364 g/mol. The van der Waals surface area contributed by atoms with Crippen molar-refractivity contribution in [3.05, 3.63) is 58.7 Å². The van der Waals surface area contributed by atoms with Gasteiger partial charge in [-0.3, -0.25) is 9.59 Å². The molecule has 0 unspecified atom stereocenters. The second-order valence-electron chi connectivity index (χ2n) is 7.40. The molecule has 1 fully saturated rings. The maximum atomic E-state index is 12.8. The average Bonchev–Trinajstić information content (AvgIpc) is 3.01. The molecule has 0 aliphatic carbocycles. The molecule has 1 heterocycles. The Labute approximate surface area is 161 Å². The van der Waals surface area contributed by atoms with Gasteiger partial charge in [-0.25, -0.2) is 0 Å². The summed E-state index contributed by atoms with van der Waals surface area (Å²) < 4.78 is 0. The molecule has 2 amide bonds. The minimum absolute atomic E-state index is 0.0335. The molecule has 1 aliphatic rings. The molecule has 142 valence electrons. The van der Waals surface area contributed by atoms with E-state index in [0.717, 1.165) is 46.5 Å². The first kappa shape index (κ1) is 19.2. The molecule has 1 saturated heterocycles. The Bertz CT molecular complexity index is 830. The number of hydrogen-bond acceptors (Lipinski definition) is 2. The number of para-hydroxylation sites is 1. The van der Waals surface area contributed by atoms with Crippen LogP contribution in [0.2, 0.25) is 0 Å². The number of anilines is 2. The number of aryl methyl sites for hydroxylation is 4. The number of carbonyl (C=O) groups excluding carboxylic acids is 2. The molecule has 2 aromatic carbocycles. The second kappa shape index (κ2) is 7.95. The van der Waals surface area contributed by atoms with Gasteiger partial charge in [0.05, 0.1) is 5.92 Å². The molecule has 0 saturated carbocycles. The van der Waals surface area contributed by atoms with E-state index in [4.69, 9.17) is 0 Å². The van der Waals surface area contributed by atoms with Crippen LogP contribution < -0.4 is 10.2 Å². The molecule has 0 radical (unpaired) electrons. The lowest BCUT2D eigenvalue weighted by molar-refractivity contribution is -0.122. The number of amides is 2. The summed E-state index contributed by atoms with van der Waals surface area (Å²) in [7, 11) is 0. The van der Waals surface area contributed by atoms with Crippen LogP contribution in [0, 0.1) is 19.8 Å². The Morgan fingerprint density at radius 2 is 1.67 bits per heavy atom. The van der Waals surface area contributed by atoms with Gasteiger partial charge in [0.25, 0.3) is 0 Å². The number of carbonyl (C=O) groups is 2. The van der Waals surface area contributed by atoms with Crippen LogP contribution >= 0.6 is 0 Å². The Kier molecular flexibility index (Phi) is 5.64. The van der Waals surface area contributed by atoms with Crippen LogP contribution in [0.5, 0.6) is 0 Å². The number of rotatable bonds is 5. The zero-order valence-electron chi connectivity index (χ0n) is 16.6. The Hall–Kier alpha value is -2.62. The summed E-state index contributed by atoms with van der Waals surface area (Å²) in [5, 5.41) is 3.00. The molecule has 4 heteroatoms. The van der Waals surface area contributed by atoms with Crippen molar-refractivity contribution >= 4 is 23.2 Å². The highest BCUT2D eigenvalue weighted by molar-refractivity contribution is 6.04. The summed E-state index contributed by atoms with van der Waals surface area (Å²) in [5.41, 5.74) is 6.36. The van der Waals surface area contributed by atoms with Gasteiger partial charge in [-0.05, 0) is 61.1 Å². The number of benzene rings is 2. The van der Waals surface area contributed by atoms with Gasteiger partial charge in [-0.1, -0.05) is 38.1 Å². The van der Waals surface area contributed by atoms with Crippen molar-refractivity contribution < 1.29 is 9.59 Å². The fraction of sp³-hybridized carbons (Fsp3) is 0.391. The van der Waals surface area contributed by atoms with Gasteiger partial charge in [0.2, 0.25) is 11.8 Å². The van der Waals surface area contributed by atoms with Crippen molar-refractivity contribution in [2.75, 3.05) is 16.8 Å². The third-order valence-electron chi connectivity index (χ3n) is 5.22. The third kappa shape index (κ3) is 4.05. The first-order valence-electron chi connectivity index (χ1n) is 9.73. The van der Waals surface area contributed by atoms with Crippen LogP contribution in [0.3, 0.4) is 0 Å². The fourth-order valence-corrected chi connectivity index (χ4v) is 3.95. The molecule has 1 N–H and O–H groups in total. The van der Waals surface area contributed by atoms with Crippen LogP contribution in [-0.2, 0) is 22.4 Å². The van der Waals surface area contributed by atoms with E-state index in [0.29, 0.717) is 6.54 Å². The molecule has 2 aromatic rings. The van der Waals surface area contributed by atoms with E-state index in [-0.39, 0.29) is 24.2 Å². The van der Waals surface area contributed by atoms with E-state index >= 15 is 0 Å². The molecular weight excluding hydrogens is 336 g/mol. The summed E-state index contributed by atoms with van der Waals surface area (Å²) >= 11 is 0. The molecule has 0 aromatic heterocycles. The first-order valence-corrected chi connectivity index (χ1v) is 9.73. The van der Waals surface area contributed by atoms with Crippen molar-refractivity contribution in [1.29, 1.82) is 0 Å². The highest BCUT2D eigenvalue weighted by atomic mass is 16.2. The Morgan fingerprint density at radius 3 is 2.22 bits per heavy atom. The molecule has 0 bridgehead atoms. The largest absolute Gasteiger partial charge is 0.326 e. The molecular formula is C23H28N2O2. The normalized spacial score (nSPS) is 16.7. The van der Waals surface area contributed by atoms with Crippen LogP contribution in [0.1, 0.15) is 42.5 Å². The minimum Gasteiger partial charge on any atom is -0.326 e. The lowest BCUT2D eigenvalue weighted by Crippen LogP contribution is -2.29. The summed E-state index contributed by atoms with van der Waals surface area (Å²) in [4.78, 5) is 27.3. The zero-order valence-corrected chi connectivity index (χ0v) is 16.6. The van der Waals surface area contributed by atoms with Gasteiger partial charge < -0.3 is 10.2 Å². The molecule has 4 nitrogen and oxygen atoms in total. The van der Waals surface area contributed by atoms with E-state index < -0.39 is 0 Å². The Morgan fingerprint density at radius 1 is 1.07 bits per heavy atom. The predicted molar refractivity (Wildman–Crippen MR) is 110 cm³/mol.